The van der Waals surface area contributed by atoms with Crippen LogP contribution in [0.5, 0.6) is 0 Å². The minimum atomic E-state index is -1.80. The summed E-state index contributed by atoms with van der Waals surface area (Å²) in [6.07, 6.45) is -1.65. The molecule has 2 aliphatic heterocycles. The van der Waals surface area contributed by atoms with Crippen LogP contribution in [-0.4, -0.2) is 70.9 Å². The summed E-state index contributed by atoms with van der Waals surface area (Å²) < 4.78 is 27.9. The van der Waals surface area contributed by atoms with Gasteiger partial charge in [0.05, 0.1) is 13.0 Å². The number of carbonyl (C=O) groups is 5. The molecular formula is C36H39N3O10S. The van der Waals surface area contributed by atoms with Crippen LogP contribution in [0.25, 0.3) is 0 Å². The zero-order chi connectivity index (χ0) is 36.1. The van der Waals surface area contributed by atoms with E-state index in [1.54, 1.807) is 32.9 Å². The summed E-state index contributed by atoms with van der Waals surface area (Å²) in [5.41, 5.74) is -0.735. The number of β-lactam (4-membered cyclic amide) rings is 1. The number of hydrogen-bond donors (Lipinski definition) is 2. The fourth-order valence-electron chi connectivity index (χ4n) is 5.47. The van der Waals surface area contributed by atoms with Crippen LogP contribution < -0.4 is 10.6 Å². The Morgan fingerprint density at radius 3 is 2.18 bits per heavy atom. The third-order valence-electron chi connectivity index (χ3n) is 7.69. The van der Waals surface area contributed by atoms with Crippen LogP contribution in [0.3, 0.4) is 0 Å². The Balaban J connectivity index is 1.33. The van der Waals surface area contributed by atoms with Gasteiger partial charge in [0.15, 0.2) is 6.10 Å². The van der Waals surface area contributed by atoms with E-state index in [-0.39, 0.29) is 36.8 Å². The molecule has 0 aliphatic carbocycles. The lowest BCUT2D eigenvalue weighted by atomic mass is 9.97. The van der Waals surface area contributed by atoms with E-state index in [1.807, 2.05) is 60.7 Å². The molecule has 3 heterocycles. The smallest absolute Gasteiger partial charge is 0.408 e. The maximum Gasteiger partial charge on any atom is 0.408 e. The third kappa shape index (κ3) is 8.20. The number of nitrogens with one attached hydrogen (secondary N) is 2. The van der Waals surface area contributed by atoms with Gasteiger partial charge < -0.3 is 34.0 Å². The average Bonchev–Trinajstić information content (AvgIpc) is 3.53. The van der Waals surface area contributed by atoms with Crippen molar-refractivity contribution in [2.24, 2.45) is 0 Å². The highest BCUT2D eigenvalue weighted by atomic mass is 32.2. The number of hydrogen-bond acceptors (Lipinski definition) is 11. The van der Waals surface area contributed by atoms with Crippen molar-refractivity contribution >= 4 is 41.6 Å². The Kier molecular flexibility index (Phi) is 11.0. The molecule has 1 saturated heterocycles. The summed E-state index contributed by atoms with van der Waals surface area (Å²) in [7, 11) is 1.29. The maximum absolute atomic E-state index is 14.1. The molecule has 5 rings (SSSR count). The lowest BCUT2D eigenvalue weighted by molar-refractivity contribution is -0.193. The number of alkyl carbamates (subject to hydrolysis) is 1. The van der Waals surface area contributed by atoms with Gasteiger partial charge in [-0.25, -0.2) is 9.59 Å². The lowest BCUT2D eigenvalue weighted by Crippen LogP contribution is -2.80. The van der Waals surface area contributed by atoms with Crippen molar-refractivity contribution in [1.82, 2.24) is 15.5 Å². The standard InChI is InChI=1S/C36H39N3O10S/c1-22(40)46-20-25-21-50-33-36(45-5,38-28(41)18-26-16-17-27(47-26)19-37-34(44)49-35(2,3)4)32(43)39(33)29(25)31(42)48-30(23-12-8-6-9-13-23)24-14-10-7-11-15-24/h6-17,30,33H,18-21H2,1-5H3,(H,37,44)(H,38,41)/t33-,36-/m0/s1. The van der Waals surface area contributed by atoms with Crippen LogP contribution in [0.4, 0.5) is 4.79 Å². The fraction of sp³-hybridized carbons (Fsp3) is 0.361. The van der Waals surface area contributed by atoms with E-state index in [0.29, 0.717) is 22.5 Å². The van der Waals surface area contributed by atoms with Gasteiger partial charge in [0.1, 0.15) is 34.8 Å². The Hall–Kier alpha value is -5.08. The number of ether oxygens (including phenoxy) is 4. The topological polar surface area (TPSA) is 163 Å². The van der Waals surface area contributed by atoms with Gasteiger partial charge in [0, 0.05) is 25.4 Å². The number of amides is 3. The molecule has 14 heteroatoms. The van der Waals surface area contributed by atoms with Gasteiger partial charge in [0.25, 0.3) is 11.6 Å². The number of methoxy groups -OCH3 is 1. The van der Waals surface area contributed by atoms with Gasteiger partial charge in [-0.2, -0.15) is 0 Å². The quantitative estimate of drug-likeness (QED) is 0.119. The predicted octanol–water partition coefficient (Wildman–Crippen LogP) is 4.37. The summed E-state index contributed by atoms with van der Waals surface area (Å²) in [4.78, 5) is 66.2. The van der Waals surface area contributed by atoms with Crippen LogP contribution >= 0.6 is 11.8 Å². The Labute approximate surface area is 293 Å². The molecule has 0 spiro atoms. The molecule has 0 saturated carbocycles. The summed E-state index contributed by atoms with van der Waals surface area (Å²) in [6, 6.07) is 21.5. The molecule has 50 heavy (non-hydrogen) atoms. The van der Waals surface area contributed by atoms with E-state index in [4.69, 9.17) is 23.4 Å². The molecule has 13 nitrogen and oxygen atoms in total. The number of rotatable bonds is 12. The number of thioether (sulfide) groups is 1. The second-order valence-electron chi connectivity index (χ2n) is 12.6. The second-order valence-corrected chi connectivity index (χ2v) is 13.6. The van der Waals surface area contributed by atoms with Crippen molar-refractivity contribution in [1.29, 1.82) is 0 Å². The SMILES string of the molecule is CO[C@@]1(NC(=O)Cc2ccc(CNC(=O)OC(C)(C)C)o2)C(=O)N2C(C(=O)OC(c3ccccc3)c3ccccc3)=C(COC(C)=O)CS[C@H]21. The molecule has 0 bridgehead atoms. The van der Waals surface area contributed by atoms with Crippen molar-refractivity contribution in [3.05, 3.63) is 107 Å². The second kappa shape index (κ2) is 15.2. The molecule has 1 aromatic heterocycles. The Morgan fingerprint density at radius 2 is 1.60 bits per heavy atom. The Morgan fingerprint density at radius 1 is 0.980 bits per heavy atom. The van der Waals surface area contributed by atoms with Crippen molar-refractivity contribution in [2.45, 2.75) is 63.5 Å². The third-order valence-corrected chi connectivity index (χ3v) is 9.06. The highest BCUT2D eigenvalue weighted by Crippen LogP contribution is 2.47. The minimum absolute atomic E-state index is 0.0426. The first-order chi connectivity index (χ1) is 23.8. The zero-order valence-corrected chi connectivity index (χ0v) is 29.2. The van der Waals surface area contributed by atoms with E-state index in [2.05, 4.69) is 10.6 Å². The largest absolute Gasteiger partial charge is 0.464 e. The summed E-state index contributed by atoms with van der Waals surface area (Å²) >= 11 is 1.24. The van der Waals surface area contributed by atoms with Gasteiger partial charge in [-0.05, 0) is 44.0 Å². The molecule has 3 amide bonds. The first-order valence-electron chi connectivity index (χ1n) is 15.8. The molecule has 2 aliphatic rings. The summed E-state index contributed by atoms with van der Waals surface area (Å²) in [6.45, 7) is 6.30. The molecule has 2 aromatic carbocycles. The van der Waals surface area contributed by atoms with Crippen molar-refractivity contribution in [3.63, 3.8) is 0 Å². The fourth-order valence-corrected chi connectivity index (χ4v) is 6.89. The molecule has 2 N–H and O–H groups in total. The molecule has 0 unspecified atom stereocenters. The van der Waals surface area contributed by atoms with E-state index >= 15 is 0 Å². The van der Waals surface area contributed by atoms with Crippen LogP contribution in [0.2, 0.25) is 0 Å². The normalized spacial score (nSPS) is 18.6. The molecule has 1 fully saturated rings. The Bertz CT molecular complexity index is 1730. The lowest BCUT2D eigenvalue weighted by Gasteiger charge is -2.56. The number of nitrogens with zero attached hydrogens (tertiary/aromatic N) is 1. The molecule has 264 valence electrons. The summed E-state index contributed by atoms with van der Waals surface area (Å²) in [5.74, 6) is -1.77. The van der Waals surface area contributed by atoms with Gasteiger partial charge in [-0.15, -0.1) is 11.8 Å². The molecular weight excluding hydrogens is 666 g/mol. The van der Waals surface area contributed by atoms with Gasteiger partial charge in [-0.1, -0.05) is 60.7 Å². The highest BCUT2D eigenvalue weighted by Gasteiger charge is 2.67. The van der Waals surface area contributed by atoms with Crippen molar-refractivity contribution in [3.8, 4) is 0 Å². The molecule has 0 radical (unpaired) electrons. The van der Waals surface area contributed by atoms with Gasteiger partial charge >= 0.3 is 18.0 Å². The maximum atomic E-state index is 14.1. The van der Waals surface area contributed by atoms with Crippen LogP contribution in [0.1, 0.15) is 56.4 Å². The van der Waals surface area contributed by atoms with Crippen LogP contribution in [0, 0.1) is 0 Å². The van der Waals surface area contributed by atoms with Gasteiger partial charge in [-0.3, -0.25) is 19.3 Å². The molecule has 2 atom stereocenters. The highest BCUT2D eigenvalue weighted by molar-refractivity contribution is 8.00. The number of esters is 2. The van der Waals surface area contributed by atoms with Crippen molar-refractivity contribution in [2.75, 3.05) is 19.5 Å². The monoisotopic (exact) mass is 705 g/mol. The first-order valence-corrected chi connectivity index (χ1v) is 16.9. The van der Waals surface area contributed by atoms with Crippen LogP contribution in [-0.2, 0) is 51.1 Å². The average molecular weight is 706 g/mol. The van der Waals surface area contributed by atoms with E-state index < -0.39 is 52.7 Å². The number of furan rings is 1. The first kappa shape index (κ1) is 36.2. The van der Waals surface area contributed by atoms with Gasteiger partial charge in [0.2, 0.25) is 5.91 Å². The van der Waals surface area contributed by atoms with E-state index in [9.17, 15) is 24.0 Å². The number of carbonyl (C=O) groups excluding carboxylic acids is 5. The number of fused-ring (bicyclic) bond motifs is 1. The number of benzene rings is 2. The molecule has 3 aromatic rings. The minimum Gasteiger partial charge on any atom is -0.464 e. The van der Waals surface area contributed by atoms with E-state index in [0.717, 1.165) is 0 Å². The van der Waals surface area contributed by atoms with E-state index in [1.165, 1.54) is 30.7 Å². The summed E-state index contributed by atoms with van der Waals surface area (Å²) in [5, 5.41) is 4.44. The van der Waals surface area contributed by atoms with Crippen LogP contribution in [0.15, 0.2) is 88.5 Å². The predicted molar refractivity (Wildman–Crippen MR) is 181 cm³/mol. The van der Waals surface area contributed by atoms with Crippen molar-refractivity contribution < 1.29 is 47.3 Å². The zero-order valence-electron chi connectivity index (χ0n) is 28.3.